The highest BCUT2D eigenvalue weighted by atomic mass is 32.2. The van der Waals surface area contributed by atoms with E-state index in [0.29, 0.717) is 9.06 Å². The minimum atomic E-state index is -0.269. The first-order valence-electron chi connectivity index (χ1n) is 4.14. The molecule has 0 aromatic carbocycles. The zero-order valence-corrected chi connectivity index (χ0v) is 11.1. The summed E-state index contributed by atoms with van der Waals surface area (Å²) in [5.41, 5.74) is -0.539. The molecule has 0 amide bonds. The highest BCUT2D eigenvalue weighted by molar-refractivity contribution is 7.52. The van der Waals surface area contributed by atoms with E-state index in [1.54, 1.807) is 0 Å². The Hall–Kier alpha value is -0.830. The van der Waals surface area contributed by atoms with Crippen LogP contribution in [0, 0.1) is 9.06 Å². The van der Waals surface area contributed by atoms with E-state index >= 15 is 0 Å². The summed E-state index contributed by atoms with van der Waals surface area (Å²) in [6.07, 6.45) is 0. The summed E-state index contributed by atoms with van der Waals surface area (Å²) in [7, 11) is 1.47. The van der Waals surface area contributed by atoms with Gasteiger partial charge in [0.25, 0.3) is 15.2 Å². The molecule has 0 spiro atoms. The van der Waals surface area contributed by atoms with Crippen molar-refractivity contribution >= 4 is 53.4 Å². The van der Waals surface area contributed by atoms with Crippen LogP contribution >= 0.6 is 45.3 Å². The van der Waals surface area contributed by atoms with Crippen molar-refractivity contribution in [2.75, 3.05) is 0 Å². The number of nitrogens with zero attached hydrogens (tertiary/aromatic N) is 1. The van der Waals surface area contributed by atoms with E-state index in [1.807, 2.05) is 0 Å². The number of rotatable bonds is 0. The molecule has 0 saturated heterocycles. The Bertz CT molecular complexity index is 850. The molecule has 82 valence electrons. The van der Waals surface area contributed by atoms with E-state index in [9.17, 15) is 14.4 Å². The molecule has 3 heterocycles. The predicted molar refractivity (Wildman–Crippen MR) is 68.5 cm³/mol. The fraction of sp³-hybridized carbons (Fsp3) is 0.125. The van der Waals surface area contributed by atoms with Gasteiger partial charge in [0, 0.05) is 7.05 Å². The lowest BCUT2D eigenvalue weighted by molar-refractivity contribution is 0.845. The number of hydrogen-bond donors (Lipinski definition) is 0. The van der Waals surface area contributed by atoms with Crippen molar-refractivity contribution in [2.45, 2.75) is 0 Å². The second kappa shape index (κ2) is 3.33. The second-order valence-corrected chi connectivity index (χ2v) is 7.84. The maximum Gasteiger partial charge on any atom is 0.290 e. The van der Waals surface area contributed by atoms with E-state index in [4.69, 9.17) is 0 Å². The SMILES string of the molecule is Cn1c(=O)c2sc3sc(=O)sc3sc=2c1=O. The highest BCUT2D eigenvalue weighted by Crippen LogP contribution is 2.29. The molecule has 0 saturated carbocycles. The molecule has 0 fully saturated rings. The van der Waals surface area contributed by atoms with Gasteiger partial charge in [-0.1, -0.05) is 22.7 Å². The molecule has 4 nitrogen and oxygen atoms in total. The molecule has 0 radical (unpaired) electrons. The Balaban J connectivity index is 2.76. The zero-order chi connectivity index (χ0) is 11.4. The van der Waals surface area contributed by atoms with E-state index in [2.05, 4.69) is 0 Å². The van der Waals surface area contributed by atoms with Crippen molar-refractivity contribution < 1.29 is 0 Å². The summed E-state index contributed by atoms with van der Waals surface area (Å²) in [5.74, 6) is 0. The quantitative estimate of drug-likeness (QED) is 0.625. The first-order valence-corrected chi connectivity index (χ1v) is 7.41. The van der Waals surface area contributed by atoms with Gasteiger partial charge in [-0.25, -0.2) is 0 Å². The molecule has 1 aromatic heterocycles. The van der Waals surface area contributed by atoms with Crippen molar-refractivity contribution in [3.8, 4) is 0 Å². The third-order valence-corrected chi connectivity index (χ3v) is 7.32. The minimum absolute atomic E-state index is 0.000531. The minimum Gasteiger partial charge on any atom is -0.276 e. The van der Waals surface area contributed by atoms with Gasteiger partial charge in [-0.2, -0.15) is 0 Å². The molecule has 2 aliphatic rings. The first kappa shape index (κ1) is 10.3. The second-order valence-electron chi connectivity index (χ2n) is 3.06. The maximum atomic E-state index is 11.7. The third-order valence-electron chi connectivity index (χ3n) is 2.11. The van der Waals surface area contributed by atoms with Crippen LogP contribution in [-0.4, -0.2) is 4.57 Å². The molecular formula is C8H3NO3S4. The Labute approximate surface area is 103 Å². The lowest BCUT2D eigenvalue weighted by atomic mass is 10.7. The Morgan fingerprint density at radius 3 is 1.69 bits per heavy atom. The van der Waals surface area contributed by atoms with Gasteiger partial charge < -0.3 is 0 Å². The standard InChI is InChI=1S/C8H3NO3S4/c1-9-4(10)2-3(5(9)11)14-7-6(13-2)15-8(12)16-7/h1H3. The molecular weight excluding hydrogens is 286 g/mol. The monoisotopic (exact) mass is 289 g/mol. The molecule has 3 rings (SSSR count). The molecule has 0 N–H and O–H groups in total. The van der Waals surface area contributed by atoms with Gasteiger partial charge in [0.1, 0.15) is 17.1 Å². The molecule has 0 bridgehead atoms. The van der Waals surface area contributed by atoms with Crippen molar-refractivity contribution in [3.05, 3.63) is 38.6 Å². The summed E-state index contributed by atoms with van der Waals surface area (Å²) in [6.45, 7) is 0. The fourth-order valence-electron chi connectivity index (χ4n) is 1.34. The van der Waals surface area contributed by atoms with Crippen LogP contribution in [0.5, 0.6) is 0 Å². The maximum absolute atomic E-state index is 11.7. The number of hydrogen-bond acceptors (Lipinski definition) is 7. The van der Waals surface area contributed by atoms with E-state index in [1.165, 1.54) is 29.7 Å². The summed E-state index contributed by atoms with van der Waals surface area (Å²) < 4.78 is 3.69. The van der Waals surface area contributed by atoms with Gasteiger partial charge in [-0.15, -0.1) is 22.7 Å². The normalized spacial score (nSPS) is 11.6. The Morgan fingerprint density at radius 1 is 0.812 bits per heavy atom. The van der Waals surface area contributed by atoms with Crippen LogP contribution in [0.1, 0.15) is 0 Å². The molecule has 8 heteroatoms. The smallest absolute Gasteiger partial charge is 0.276 e. The van der Waals surface area contributed by atoms with Crippen molar-refractivity contribution in [2.24, 2.45) is 7.05 Å². The van der Waals surface area contributed by atoms with Gasteiger partial charge in [0.15, 0.2) is 0 Å². The fourth-order valence-corrected chi connectivity index (χ4v) is 6.67. The van der Waals surface area contributed by atoms with Crippen molar-refractivity contribution in [3.63, 3.8) is 0 Å². The van der Waals surface area contributed by atoms with Crippen LogP contribution < -0.4 is 15.2 Å². The van der Waals surface area contributed by atoms with Crippen LogP contribution in [0.3, 0.4) is 0 Å². The average Bonchev–Trinajstić information content (AvgIpc) is 2.70. The van der Waals surface area contributed by atoms with Crippen molar-refractivity contribution in [1.82, 2.24) is 4.57 Å². The molecule has 0 unspecified atom stereocenters. The summed E-state index contributed by atoms with van der Waals surface area (Å²) >= 11 is 4.74. The predicted octanol–water partition coefficient (Wildman–Crippen LogP) is 1.23. The molecule has 16 heavy (non-hydrogen) atoms. The Morgan fingerprint density at radius 2 is 1.25 bits per heavy atom. The zero-order valence-electron chi connectivity index (χ0n) is 7.80. The van der Waals surface area contributed by atoms with Gasteiger partial charge in [0.05, 0.1) is 0 Å². The van der Waals surface area contributed by atoms with Crippen LogP contribution in [0.4, 0.5) is 0 Å². The van der Waals surface area contributed by atoms with Gasteiger partial charge in [0.2, 0.25) is 0 Å². The van der Waals surface area contributed by atoms with E-state index < -0.39 is 0 Å². The average molecular weight is 289 g/mol. The van der Waals surface area contributed by atoms with Crippen molar-refractivity contribution in [1.29, 1.82) is 0 Å². The van der Waals surface area contributed by atoms with Crippen LogP contribution in [0.2, 0.25) is 0 Å². The molecule has 0 aliphatic carbocycles. The number of aromatic nitrogens is 1. The molecule has 1 aromatic rings. The topological polar surface area (TPSA) is 56.1 Å². The number of fused-ring (bicyclic) bond motifs is 1. The lowest BCUT2D eigenvalue weighted by Gasteiger charge is -1.81. The van der Waals surface area contributed by atoms with E-state index in [-0.39, 0.29) is 15.2 Å². The van der Waals surface area contributed by atoms with Gasteiger partial charge >= 0.3 is 0 Å². The van der Waals surface area contributed by atoms with Crippen LogP contribution in [0.15, 0.2) is 14.4 Å². The highest BCUT2D eigenvalue weighted by Gasteiger charge is 2.11. The molecule has 2 aliphatic heterocycles. The first-order chi connectivity index (χ1) is 7.58. The Kier molecular flexibility index (Phi) is 2.15. The summed E-state index contributed by atoms with van der Waals surface area (Å²) in [5, 5.41) is 0. The van der Waals surface area contributed by atoms with Crippen LogP contribution in [0.25, 0.3) is 8.03 Å². The summed E-state index contributed by atoms with van der Waals surface area (Å²) in [6, 6.07) is 0. The van der Waals surface area contributed by atoms with Crippen LogP contribution in [-0.2, 0) is 7.05 Å². The van der Waals surface area contributed by atoms with Gasteiger partial charge in [-0.05, 0) is 0 Å². The third kappa shape index (κ3) is 1.27. The lowest BCUT2D eigenvalue weighted by Crippen LogP contribution is -2.21. The largest absolute Gasteiger partial charge is 0.290 e. The van der Waals surface area contributed by atoms with E-state index in [0.717, 1.165) is 35.3 Å². The summed E-state index contributed by atoms with van der Waals surface area (Å²) in [4.78, 5) is 34.6. The van der Waals surface area contributed by atoms with Gasteiger partial charge in [-0.3, -0.25) is 19.0 Å². The molecule has 0 atom stereocenters.